The number of carbonyl (C=O) groups excluding carboxylic acids is 4. The highest BCUT2D eigenvalue weighted by atomic mass is 32.1. The van der Waals surface area contributed by atoms with E-state index in [0.717, 1.165) is 48.4 Å². The normalized spacial score (nSPS) is 21.1. The van der Waals surface area contributed by atoms with Gasteiger partial charge in [0.2, 0.25) is 23.6 Å². The van der Waals surface area contributed by atoms with Gasteiger partial charge < -0.3 is 20.3 Å². The van der Waals surface area contributed by atoms with Crippen LogP contribution >= 0.6 is 12.2 Å². The third kappa shape index (κ3) is 9.08. The van der Waals surface area contributed by atoms with Gasteiger partial charge in [0.25, 0.3) is 5.91 Å². The summed E-state index contributed by atoms with van der Waals surface area (Å²) in [4.78, 5) is 59.7. The molecular weight excluding hydrogens is 774 g/mol. The maximum Gasteiger partial charge on any atom is 0.417 e. The second-order valence-corrected chi connectivity index (χ2v) is 15.7. The van der Waals surface area contributed by atoms with Crippen molar-refractivity contribution in [2.24, 2.45) is 5.92 Å². The Kier molecular flexibility index (Phi) is 12.4. The summed E-state index contributed by atoms with van der Waals surface area (Å²) in [7, 11) is 0. The first-order valence-electron chi connectivity index (χ1n) is 19.2. The molecule has 3 aliphatic rings. The van der Waals surface area contributed by atoms with E-state index in [1.54, 1.807) is 49.1 Å². The lowest BCUT2D eigenvalue weighted by molar-refractivity contribution is -0.138. The van der Waals surface area contributed by atoms with E-state index in [2.05, 4.69) is 32.8 Å². The van der Waals surface area contributed by atoms with Crippen LogP contribution in [0.1, 0.15) is 76.5 Å². The molecule has 3 N–H and O–H groups in total. The average molecular weight is 819 g/mol. The van der Waals surface area contributed by atoms with Gasteiger partial charge in [-0.25, -0.2) is 4.98 Å². The van der Waals surface area contributed by atoms with Gasteiger partial charge in [0.05, 0.1) is 47.9 Å². The van der Waals surface area contributed by atoms with Crippen LogP contribution in [0.3, 0.4) is 0 Å². The van der Waals surface area contributed by atoms with Gasteiger partial charge in [0, 0.05) is 29.4 Å². The number of anilines is 4. The predicted molar refractivity (Wildman–Crippen MR) is 215 cm³/mol. The number of rotatable bonds is 12. The predicted octanol–water partition coefficient (Wildman–Crippen LogP) is 6.18. The zero-order valence-corrected chi connectivity index (χ0v) is 33.4. The van der Waals surface area contributed by atoms with E-state index >= 15 is 0 Å². The number of amides is 4. The number of ether oxygens (including phenoxy) is 1. The molecule has 6 rings (SSSR count). The average Bonchev–Trinajstić information content (AvgIpc) is 3.35. The molecule has 3 fully saturated rings. The molecule has 1 unspecified atom stereocenters. The van der Waals surface area contributed by atoms with Gasteiger partial charge in [-0.1, -0.05) is 13.0 Å². The molecule has 3 aliphatic heterocycles. The molecule has 0 saturated carbocycles. The molecule has 58 heavy (non-hydrogen) atoms. The summed E-state index contributed by atoms with van der Waals surface area (Å²) >= 11 is 5.69. The summed E-state index contributed by atoms with van der Waals surface area (Å²) in [6.45, 7) is 8.70. The zero-order chi connectivity index (χ0) is 41.9. The van der Waals surface area contributed by atoms with Crippen LogP contribution in [0.5, 0.6) is 5.88 Å². The maximum atomic E-state index is 13.8. The summed E-state index contributed by atoms with van der Waals surface area (Å²) in [5, 5.41) is 17.6. The Morgan fingerprint density at radius 1 is 1.10 bits per heavy atom. The number of carbonyl (C=O) groups is 4. The molecule has 0 aliphatic carbocycles. The van der Waals surface area contributed by atoms with E-state index in [-0.39, 0.29) is 47.5 Å². The number of hydrogen-bond donors (Lipinski definition) is 3. The minimum Gasteiger partial charge on any atom is -0.477 e. The van der Waals surface area contributed by atoms with Gasteiger partial charge in [-0.2, -0.15) is 18.4 Å². The number of nitrogens with zero attached hydrogens (tertiary/aromatic N) is 5. The molecule has 0 spiro atoms. The Labute approximate surface area is 339 Å². The quantitative estimate of drug-likeness (QED) is 0.142. The molecule has 0 radical (unpaired) electrons. The lowest BCUT2D eigenvalue weighted by atomic mass is 9.89. The molecule has 306 valence electrons. The topological polar surface area (TPSA) is 160 Å². The summed E-state index contributed by atoms with van der Waals surface area (Å²) in [6, 6.07) is 13.2. The molecule has 17 heteroatoms. The molecule has 1 aromatic heterocycles. The number of nitrogens with one attached hydrogen (secondary N) is 3. The van der Waals surface area contributed by atoms with Crippen molar-refractivity contribution in [2.45, 2.75) is 90.0 Å². The lowest BCUT2D eigenvalue weighted by Crippen LogP contribution is -2.47. The van der Waals surface area contributed by atoms with Crippen molar-refractivity contribution < 1.29 is 37.1 Å². The second kappa shape index (κ2) is 17.1. The lowest BCUT2D eigenvalue weighted by Gasteiger charge is -2.37. The van der Waals surface area contributed by atoms with E-state index in [9.17, 15) is 37.6 Å². The number of piperidine rings is 2. The Morgan fingerprint density at radius 2 is 1.86 bits per heavy atom. The summed E-state index contributed by atoms with van der Waals surface area (Å²) < 4.78 is 47.5. The minimum absolute atomic E-state index is 0.0168. The molecule has 0 bridgehead atoms. The van der Waals surface area contributed by atoms with Crippen LogP contribution in [0.4, 0.5) is 35.9 Å². The van der Waals surface area contributed by atoms with Crippen molar-refractivity contribution in [3.05, 3.63) is 71.4 Å². The Morgan fingerprint density at radius 3 is 2.55 bits per heavy atom. The number of aromatic nitrogens is 1. The number of pyridine rings is 1. The van der Waals surface area contributed by atoms with Gasteiger partial charge >= 0.3 is 6.18 Å². The molecule has 3 aromatic rings. The summed E-state index contributed by atoms with van der Waals surface area (Å²) in [5.74, 6) is -0.512. The zero-order valence-electron chi connectivity index (χ0n) is 32.6. The van der Waals surface area contributed by atoms with Crippen LogP contribution in [0.15, 0.2) is 54.7 Å². The first-order valence-corrected chi connectivity index (χ1v) is 19.6. The van der Waals surface area contributed by atoms with Crippen molar-refractivity contribution in [3.63, 3.8) is 0 Å². The van der Waals surface area contributed by atoms with Crippen LogP contribution in [0, 0.1) is 17.2 Å². The first-order chi connectivity index (χ1) is 27.5. The molecule has 2 aromatic carbocycles. The number of nitriles is 1. The number of benzene rings is 2. The van der Waals surface area contributed by atoms with E-state index in [1.807, 2.05) is 13.0 Å². The fourth-order valence-electron chi connectivity index (χ4n) is 7.69. The summed E-state index contributed by atoms with van der Waals surface area (Å²) in [5.41, 5.74) is -0.531. The number of alkyl halides is 3. The van der Waals surface area contributed by atoms with Crippen LogP contribution < -0.4 is 30.5 Å². The van der Waals surface area contributed by atoms with E-state index in [1.165, 1.54) is 12.3 Å². The molecule has 4 heterocycles. The standard InChI is InChI=1S/C41H45F3N8O5S/c1-5-26-18-31(52-39(58)51(38(56)40(52,3)4)30-10-9-27(21-45)32(20-30)41(42,43)44)22-46-37(26)57-16-14-25-13-15-50(24(2)17-25)23-35(54)48-29-8-6-7-28(19-29)47-33-11-12-34(53)49-36(33)55/h6-10,18-20,22,24-25,33,47H,5,11-17,23H2,1-4H3,(H,48,54)(H,49,53,55)/t24-,25+,33?/m1/s1. The third-order valence-corrected chi connectivity index (χ3v) is 11.2. The number of imide groups is 1. The van der Waals surface area contributed by atoms with Crippen molar-refractivity contribution >= 4 is 63.7 Å². The van der Waals surface area contributed by atoms with Crippen LogP contribution in [-0.2, 0) is 31.8 Å². The minimum atomic E-state index is -4.80. The number of aryl methyl sites for hydroxylation is 1. The number of hydrogen-bond acceptors (Lipinski definition) is 10. The van der Waals surface area contributed by atoms with Crippen molar-refractivity contribution in [2.75, 3.05) is 40.1 Å². The maximum absolute atomic E-state index is 13.8. The van der Waals surface area contributed by atoms with Gasteiger partial charge in [-0.15, -0.1) is 0 Å². The van der Waals surface area contributed by atoms with Crippen molar-refractivity contribution in [3.8, 4) is 11.9 Å². The smallest absolute Gasteiger partial charge is 0.417 e. The monoisotopic (exact) mass is 818 g/mol. The molecule has 4 amide bonds. The van der Waals surface area contributed by atoms with Gasteiger partial charge in [-0.05, 0) is 120 Å². The molecule has 13 nitrogen and oxygen atoms in total. The van der Waals surface area contributed by atoms with Crippen LogP contribution in [0.25, 0.3) is 0 Å². The van der Waals surface area contributed by atoms with Gasteiger partial charge in [0.15, 0.2) is 5.11 Å². The largest absolute Gasteiger partial charge is 0.477 e. The third-order valence-electron chi connectivity index (χ3n) is 10.9. The molecule has 3 saturated heterocycles. The van der Waals surface area contributed by atoms with E-state index < -0.39 is 34.8 Å². The highest BCUT2D eigenvalue weighted by molar-refractivity contribution is 7.81. The van der Waals surface area contributed by atoms with Crippen LogP contribution in [-0.4, -0.2) is 75.9 Å². The Balaban J connectivity index is 1.01. The van der Waals surface area contributed by atoms with Crippen molar-refractivity contribution in [1.82, 2.24) is 15.2 Å². The van der Waals surface area contributed by atoms with Crippen LogP contribution in [0.2, 0.25) is 0 Å². The van der Waals surface area contributed by atoms with Gasteiger partial charge in [-0.3, -0.25) is 34.3 Å². The summed E-state index contributed by atoms with van der Waals surface area (Å²) in [6.07, 6.45) is 0.491. The number of likely N-dealkylation sites (tertiary alicyclic amines) is 1. The van der Waals surface area contributed by atoms with Crippen molar-refractivity contribution in [1.29, 1.82) is 5.26 Å². The first kappa shape index (κ1) is 42.0. The Bertz CT molecular complexity index is 2160. The molecule has 3 atom stereocenters. The fourth-order valence-corrected chi connectivity index (χ4v) is 8.21. The highest BCUT2D eigenvalue weighted by Crippen LogP contribution is 2.40. The number of thiocarbonyl (C=S) groups is 1. The van der Waals surface area contributed by atoms with E-state index in [4.69, 9.17) is 17.0 Å². The highest BCUT2D eigenvalue weighted by Gasteiger charge is 2.51. The number of halogens is 3. The van der Waals surface area contributed by atoms with Gasteiger partial charge in [0.1, 0.15) is 11.6 Å². The second-order valence-electron chi connectivity index (χ2n) is 15.3. The fraction of sp³-hybridized carbons (Fsp3) is 0.439. The SMILES string of the molecule is CCc1cc(N2C(=S)N(c3ccc(C#N)c(C(F)(F)F)c3)C(=O)C2(C)C)cnc1OCC[C@@H]1CCN(CC(=O)Nc2cccc(NC3CCC(=O)NC3=O)c2)[C@H](C)C1. The van der Waals surface area contributed by atoms with E-state index in [0.29, 0.717) is 48.3 Å². The Hall–Kier alpha value is -5.60. The molecular formula is C41H45F3N8O5S.